The first-order chi connectivity index (χ1) is 15.5. The van der Waals surface area contributed by atoms with Crippen LogP contribution in [0.15, 0.2) is 24.3 Å². The summed E-state index contributed by atoms with van der Waals surface area (Å²) in [5, 5.41) is 13.1. The van der Waals surface area contributed by atoms with Gasteiger partial charge in [-0.25, -0.2) is 9.18 Å². The molecule has 33 heavy (non-hydrogen) atoms. The molecule has 1 aliphatic carbocycles. The minimum atomic E-state index is -5.40. The molecule has 2 N–H and O–H groups in total. The third kappa shape index (κ3) is 4.66. The smallest absolute Gasteiger partial charge is 0.441 e. The Hall–Kier alpha value is -3.13. The Labute approximate surface area is 191 Å². The highest BCUT2D eigenvalue weighted by molar-refractivity contribution is 7.16. The predicted octanol–water partition coefficient (Wildman–Crippen LogP) is 4.55. The summed E-state index contributed by atoms with van der Waals surface area (Å²) < 4.78 is 62.1. The fraction of sp³-hybridized carbons (Fsp3) is 0.409. The first-order valence-corrected chi connectivity index (χ1v) is 11.0. The third-order valence-electron chi connectivity index (χ3n) is 5.35. The Balaban J connectivity index is 2.12. The first-order valence-electron chi connectivity index (χ1n) is 10.2. The normalized spacial score (nSPS) is 17.3. The number of nitrogens with zero attached hydrogens (tertiary/aromatic N) is 1. The van der Waals surface area contributed by atoms with Gasteiger partial charge in [0.15, 0.2) is 0 Å². The third-order valence-corrected chi connectivity index (χ3v) is 6.52. The number of hydrogen-bond acceptors (Lipinski definition) is 6. The van der Waals surface area contributed by atoms with Gasteiger partial charge in [0.25, 0.3) is 5.91 Å². The minimum Gasteiger partial charge on any atom is -0.463 e. The molecule has 0 saturated heterocycles. The first kappa shape index (κ1) is 24.5. The van der Waals surface area contributed by atoms with Gasteiger partial charge in [-0.3, -0.25) is 4.79 Å². The van der Waals surface area contributed by atoms with Crippen molar-refractivity contribution in [1.82, 2.24) is 5.32 Å². The number of rotatable bonds is 6. The number of carbonyl (C=O) groups excluding carboxylic acids is 2. The molecule has 6 nitrogen and oxygen atoms in total. The number of carbonyl (C=O) groups is 2. The van der Waals surface area contributed by atoms with E-state index in [1.54, 1.807) is 5.32 Å². The number of benzene rings is 1. The molecule has 11 heteroatoms. The van der Waals surface area contributed by atoms with Crippen molar-refractivity contribution in [2.45, 2.75) is 44.9 Å². The summed E-state index contributed by atoms with van der Waals surface area (Å²) in [5.74, 6) is -4.08. The van der Waals surface area contributed by atoms with Gasteiger partial charge >= 0.3 is 17.8 Å². The lowest BCUT2D eigenvalue weighted by Crippen LogP contribution is -2.69. The van der Waals surface area contributed by atoms with E-state index < -0.39 is 41.7 Å². The SMILES string of the molecule is CCOC(=O)[C@](NC(=O)c1ccccc1F)(Nc1sc2c(c1C#N)CC[C@@H](C)C2)C(F)(F)F. The monoisotopic (exact) mass is 483 g/mol. The number of nitriles is 1. The second kappa shape index (κ2) is 9.39. The van der Waals surface area contributed by atoms with E-state index in [1.165, 1.54) is 19.1 Å². The van der Waals surface area contributed by atoms with E-state index in [2.05, 4.69) is 10.1 Å². The molecule has 0 aliphatic heterocycles. The van der Waals surface area contributed by atoms with E-state index in [0.29, 0.717) is 18.4 Å². The number of nitrogens with one attached hydrogen (secondary N) is 2. The van der Waals surface area contributed by atoms with E-state index in [9.17, 15) is 32.4 Å². The maximum atomic E-state index is 14.4. The second-order valence-electron chi connectivity index (χ2n) is 7.69. The molecule has 1 heterocycles. The maximum Gasteiger partial charge on any atom is 0.441 e. The van der Waals surface area contributed by atoms with Gasteiger partial charge in [-0.2, -0.15) is 18.4 Å². The van der Waals surface area contributed by atoms with Crippen molar-refractivity contribution in [2.24, 2.45) is 5.92 Å². The lowest BCUT2D eigenvalue weighted by Gasteiger charge is -2.35. The molecule has 1 aromatic heterocycles. The molecule has 176 valence electrons. The molecule has 0 spiro atoms. The van der Waals surface area contributed by atoms with Crippen molar-refractivity contribution in [1.29, 1.82) is 5.26 Å². The Morgan fingerprint density at radius 1 is 1.30 bits per heavy atom. The average Bonchev–Trinajstić information content (AvgIpc) is 3.08. The molecule has 1 aliphatic rings. The van der Waals surface area contributed by atoms with Crippen LogP contribution in [-0.2, 0) is 22.4 Å². The van der Waals surface area contributed by atoms with Crippen LogP contribution in [0.1, 0.15) is 46.6 Å². The van der Waals surface area contributed by atoms with Gasteiger partial charge < -0.3 is 15.4 Å². The van der Waals surface area contributed by atoms with Gasteiger partial charge in [0.2, 0.25) is 0 Å². The zero-order chi connectivity index (χ0) is 24.4. The highest BCUT2D eigenvalue weighted by Crippen LogP contribution is 2.42. The highest BCUT2D eigenvalue weighted by Gasteiger charge is 2.64. The van der Waals surface area contributed by atoms with Crippen molar-refractivity contribution in [2.75, 3.05) is 11.9 Å². The number of esters is 1. The van der Waals surface area contributed by atoms with E-state index in [1.807, 2.05) is 13.0 Å². The zero-order valence-electron chi connectivity index (χ0n) is 17.8. The average molecular weight is 483 g/mol. The fourth-order valence-electron chi connectivity index (χ4n) is 3.64. The molecule has 0 saturated carbocycles. The van der Waals surface area contributed by atoms with Crippen LogP contribution in [0.5, 0.6) is 0 Å². The lowest BCUT2D eigenvalue weighted by molar-refractivity contribution is -0.204. The molecule has 0 radical (unpaired) electrons. The number of hydrogen-bond donors (Lipinski definition) is 2. The van der Waals surface area contributed by atoms with Crippen LogP contribution >= 0.6 is 11.3 Å². The van der Waals surface area contributed by atoms with Crippen LogP contribution in [0, 0.1) is 23.1 Å². The predicted molar refractivity (Wildman–Crippen MR) is 113 cm³/mol. The van der Waals surface area contributed by atoms with E-state index >= 15 is 0 Å². The van der Waals surface area contributed by atoms with Crippen molar-refractivity contribution in [3.63, 3.8) is 0 Å². The van der Waals surface area contributed by atoms with Gasteiger partial charge in [0.1, 0.15) is 16.9 Å². The molecular weight excluding hydrogens is 462 g/mol. The summed E-state index contributed by atoms with van der Waals surface area (Å²) in [6.45, 7) is 2.90. The minimum absolute atomic E-state index is 0.0139. The van der Waals surface area contributed by atoms with Crippen molar-refractivity contribution in [3.8, 4) is 6.07 Å². The Morgan fingerprint density at radius 2 is 2.00 bits per heavy atom. The van der Waals surface area contributed by atoms with Crippen molar-refractivity contribution >= 4 is 28.2 Å². The van der Waals surface area contributed by atoms with Gasteiger partial charge in [-0.15, -0.1) is 11.3 Å². The number of alkyl halides is 3. The number of thiophene rings is 1. The van der Waals surface area contributed by atoms with Crippen LogP contribution in [0.2, 0.25) is 0 Å². The zero-order valence-corrected chi connectivity index (χ0v) is 18.6. The standard InChI is InChI=1S/C22H21F4N3O3S/c1-3-32-20(31)21(22(24,25)26,28-18(30)14-6-4-5-7-16(14)23)29-19-15(11-27)13-9-8-12(2)10-17(13)33-19/h4-7,12,29H,3,8-10H2,1-2H3,(H,28,30)/t12-,21+/m1/s1. The van der Waals surface area contributed by atoms with Gasteiger partial charge in [-0.05, 0) is 49.8 Å². The Kier molecular flexibility index (Phi) is 6.97. The Morgan fingerprint density at radius 3 is 2.61 bits per heavy atom. The molecule has 2 aromatic rings. The summed E-state index contributed by atoms with van der Waals surface area (Å²) in [5.41, 5.74) is -3.81. The Bertz CT molecular complexity index is 1110. The number of anilines is 1. The molecular formula is C22H21F4N3O3S. The summed E-state index contributed by atoms with van der Waals surface area (Å²) in [4.78, 5) is 26.1. The van der Waals surface area contributed by atoms with Gasteiger partial charge in [0.05, 0.1) is 17.7 Å². The molecule has 2 atom stereocenters. The van der Waals surface area contributed by atoms with Crippen molar-refractivity contribution < 1.29 is 31.9 Å². The number of halogens is 4. The summed E-state index contributed by atoms with van der Waals surface area (Å²) in [6, 6.07) is 6.35. The van der Waals surface area contributed by atoms with E-state index in [0.717, 1.165) is 34.8 Å². The fourth-order valence-corrected chi connectivity index (χ4v) is 5.06. The molecule has 0 unspecified atom stereocenters. The van der Waals surface area contributed by atoms with Crippen LogP contribution < -0.4 is 10.6 Å². The maximum absolute atomic E-state index is 14.4. The quantitative estimate of drug-likeness (QED) is 0.358. The molecule has 1 aromatic carbocycles. The van der Waals surface area contributed by atoms with Crippen molar-refractivity contribution in [3.05, 3.63) is 51.7 Å². The van der Waals surface area contributed by atoms with E-state index in [4.69, 9.17) is 0 Å². The molecule has 0 fully saturated rings. The van der Waals surface area contributed by atoms with Gasteiger partial charge in [0, 0.05) is 4.88 Å². The topological polar surface area (TPSA) is 91.2 Å². The van der Waals surface area contributed by atoms with Crippen LogP contribution in [0.25, 0.3) is 0 Å². The lowest BCUT2D eigenvalue weighted by atomic mass is 9.88. The summed E-state index contributed by atoms with van der Waals surface area (Å²) >= 11 is 0.928. The highest BCUT2D eigenvalue weighted by atomic mass is 32.1. The number of fused-ring (bicyclic) bond motifs is 1. The van der Waals surface area contributed by atoms with E-state index in [-0.39, 0.29) is 16.5 Å². The second-order valence-corrected chi connectivity index (χ2v) is 8.80. The number of ether oxygens (including phenoxy) is 1. The largest absolute Gasteiger partial charge is 0.463 e. The molecule has 0 bridgehead atoms. The van der Waals surface area contributed by atoms with Crippen LogP contribution in [0.3, 0.4) is 0 Å². The van der Waals surface area contributed by atoms with Crippen LogP contribution in [0.4, 0.5) is 22.6 Å². The number of amides is 1. The summed E-state index contributed by atoms with van der Waals surface area (Å²) in [6.07, 6.45) is -3.54. The van der Waals surface area contributed by atoms with Crippen LogP contribution in [-0.4, -0.2) is 30.3 Å². The summed E-state index contributed by atoms with van der Waals surface area (Å²) in [7, 11) is 0. The van der Waals surface area contributed by atoms with Gasteiger partial charge in [-0.1, -0.05) is 19.1 Å². The molecule has 3 rings (SSSR count). The molecule has 1 amide bonds.